The molecular formula is C12H22N4. The van der Waals surface area contributed by atoms with E-state index in [0.29, 0.717) is 6.04 Å². The van der Waals surface area contributed by atoms with E-state index in [2.05, 4.69) is 21.7 Å². The second kappa shape index (κ2) is 4.95. The molecule has 1 atom stereocenters. The zero-order valence-electron chi connectivity index (χ0n) is 10.3. The Bertz CT molecular complexity index is 339. The maximum absolute atomic E-state index is 6.09. The SMILES string of the molecule is CC[C@H](N)c1nnc(C)n1C1CCCCC1. The molecule has 1 fully saturated rings. The Kier molecular flexibility index (Phi) is 3.59. The average molecular weight is 222 g/mol. The first-order chi connectivity index (χ1) is 7.74. The van der Waals surface area contributed by atoms with Crippen molar-refractivity contribution in [2.45, 2.75) is 64.5 Å². The van der Waals surface area contributed by atoms with Crippen LogP contribution in [0, 0.1) is 6.92 Å². The summed E-state index contributed by atoms with van der Waals surface area (Å²) in [6.45, 7) is 4.13. The summed E-state index contributed by atoms with van der Waals surface area (Å²) in [6.07, 6.45) is 7.44. The molecule has 1 aliphatic rings. The van der Waals surface area contributed by atoms with Crippen molar-refractivity contribution in [2.24, 2.45) is 5.73 Å². The summed E-state index contributed by atoms with van der Waals surface area (Å²) in [5, 5.41) is 8.44. The molecule has 0 aliphatic heterocycles. The third-order valence-electron chi connectivity index (χ3n) is 3.60. The third kappa shape index (κ3) is 2.12. The Balaban J connectivity index is 2.26. The van der Waals surface area contributed by atoms with Gasteiger partial charge in [0.1, 0.15) is 11.6 Å². The lowest BCUT2D eigenvalue weighted by atomic mass is 9.95. The molecule has 1 aromatic heterocycles. The van der Waals surface area contributed by atoms with E-state index in [1.807, 2.05) is 6.92 Å². The van der Waals surface area contributed by atoms with Crippen LogP contribution in [0.15, 0.2) is 0 Å². The summed E-state index contributed by atoms with van der Waals surface area (Å²) < 4.78 is 2.29. The highest BCUT2D eigenvalue weighted by Gasteiger charge is 2.23. The first-order valence-electron chi connectivity index (χ1n) is 6.41. The van der Waals surface area contributed by atoms with Crippen LogP contribution in [0.25, 0.3) is 0 Å². The number of nitrogens with zero attached hydrogens (tertiary/aromatic N) is 3. The molecule has 1 heterocycles. The molecule has 0 unspecified atom stereocenters. The molecule has 1 saturated carbocycles. The summed E-state index contributed by atoms with van der Waals surface area (Å²) in [5.41, 5.74) is 6.09. The molecule has 4 nitrogen and oxygen atoms in total. The zero-order chi connectivity index (χ0) is 11.5. The lowest BCUT2D eigenvalue weighted by Crippen LogP contribution is -2.21. The van der Waals surface area contributed by atoms with Crippen molar-refractivity contribution in [3.63, 3.8) is 0 Å². The monoisotopic (exact) mass is 222 g/mol. The Morgan fingerprint density at radius 2 is 2.00 bits per heavy atom. The number of rotatable bonds is 3. The second-order valence-corrected chi connectivity index (χ2v) is 4.78. The molecule has 2 N–H and O–H groups in total. The Hall–Kier alpha value is -0.900. The molecule has 4 heteroatoms. The summed E-state index contributed by atoms with van der Waals surface area (Å²) in [7, 11) is 0. The maximum atomic E-state index is 6.09. The van der Waals surface area contributed by atoms with Gasteiger partial charge in [-0.1, -0.05) is 26.2 Å². The van der Waals surface area contributed by atoms with Gasteiger partial charge in [-0.25, -0.2) is 0 Å². The van der Waals surface area contributed by atoms with Crippen LogP contribution in [-0.2, 0) is 0 Å². The van der Waals surface area contributed by atoms with Crippen molar-refractivity contribution in [1.29, 1.82) is 0 Å². The van der Waals surface area contributed by atoms with Crippen LogP contribution in [0.3, 0.4) is 0 Å². The van der Waals surface area contributed by atoms with E-state index in [1.165, 1.54) is 32.1 Å². The van der Waals surface area contributed by atoms with Gasteiger partial charge in [0.25, 0.3) is 0 Å². The van der Waals surface area contributed by atoms with Gasteiger partial charge in [-0.3, -0.25) is 0 Å². The van der Waals surface area contributed by atoms with Gasteiger partial charge in [-0.05, 0) is 26.2 Å². The lowest BCUT2D eigenvalue weighted by Gasteiger charge is -2.26. The van der Waals surface area contributed by atoms with Gasteiger partial charge in [0.05, 0.1) is 6.04 Å². The summed E-state index contributed by atoms with van der Waals surface area (Å²) in [6, 6.07) is 0.611. The van der Waals surface area contributed by atoms with Crippen molar-refractivity contribution in [2.75, 3.05) is 0 Å². The minimum atomic E-state index is 0.0307. The van der Waals surface area contributed by atoms with E-state index in [0.717, 1.165) is 18.1 Å². The fraction of sp³-hybridized carbons (Fsp3) is 0.833. The predicted octanol–water partition coefficient (Wildman–Crippen LogP) is 2.50. The van der Waals surface area contributed by atoms with Crippen molar-refractivity contribution in [3.05, 3.63) is 11.6 Å². The first kappa shape index (κ1) is 11.6. The maximum Gasteiger partial charge on any atom is 0.150 e. The molecule has 90 valence electrons. The number of aromatic nitrogens is 3. The van der Waals surface area contributed by atoms with Crippen LogP contribution in [-0.4, -0.2) is 14.8 Å². The largest absolute Gasteiger partial charge is 0.321 e. The van der Waals surface area contributed by atoms with E-state index in [1.54, 1.807) is 0 Å². The summed E-state index contributed by atoms with van der Waals surface area (Å²) in [5.74, 6) is 2.00. The zero-order valence-corrected chi connectivity index (χ0v) is 10.3. The molecule has 0 amide bonds. The molecule has 16 heavy (non-hydrogen) atoms. The molecule has 0 spiro atoms. The minimum Gasteiger partial charge on any atom is -0.321 e. The van der Waals surface area contributed by atoms with Gasteiger partial charge in [0.2, 0.25) is 0 Å². The molecule has 2 rings (SSSR count). The topological polar surface area (TPSA) is 56.7 Å². The smallest absolute Gasteiger partial charge is 0.150 e. The molecule has 0 bridgehead atoms. The van der Waals surface area contributed by atoms with Gasteiger partial charge in [0.15, 0.2) is 0 Å². The van der Waals surface area contributed by atoms with Crippen LogP contribution in [0.1, 0.15) is 69.2 Å². The van der Waals surface area contributed by atoms with Gasteiger partial charge in [0, 0.05) is 6.04 Å². The van der Waals surface area contributed by atoms with Crippen molar-refractivity contribution >= 4 is 0 Å². The van der Waals surface area contributed by atoms with Gasteiger partial charge >= 0.3 is 0 Å². The standard InChI is InChI=1S/C12H22N4/c1-3-11(13)12-15-14-9(2)16(12)10-7-5-4-6-8-10/h10-11H,3-8,13H2,1-2H3/t11-/m0/s1. The highest BCUT2D eigenvalue weighted by atomic mass is 15.3. The van der Waals surface area contributed by atoms with Crippen LogP contribution in [0.5, 0.6) is 0 Å². The fourth-order valence-electron chi connectivity index (χ4n) is 2.61. The highest BCUT2D eigenvalue weighted by molar-refractivity contribution is 5.02. The molecular weight excluding hydrogens is 200 g/mol. The van der Waals surface area contributed by atoms with Crippen molar-refractivity contribution < 1.29 is 0 Å². The quantitative estimate of drug-likeness (QED) is 0.854. The van der Waals surface area contributed by atoms with E-state index >= 15 is 0 Å². The second-order valence-electron chi connectivity index (χ2n) is 4.78. The highest BCUT2D eigenvalue weighted by Crippen LogP contribution is 2.31. The van der Waals surface area contributed by atoms with Crippen LogP contribution >= 0.6 is 0 Å². The third-order valence-corrected chi connectivity index (χ3v) is 3.60. The van der Waals surface area contributed by atoms with Gasteiger partial charge in [-0.15, -0.1) is 10.2 Å². The molecule has 1 aliphatic carbocycles. The Morgan fingerprint density at radius 3 is 2.62 bits per heavy atom. The van der Waals surface area contributed by atoms with Gasteiger partial charge < -0.3 is 10.3 Å². The summed E-state index contributed by atoms with van der Waals surface area (Å²) >= 11 is 0. The fourth-order valence-corrected chi connectivity index (χ4v) is 2.61. The van der Waals surface area contributed by atoms with E-state index in [9.17, 15) is 0 Å². The molecule has 1 aromatic rings. The van der Waals surface area contributed by atoms with E-state index in [-0.39, 0.29) is 6.04 Å². The van der Waals surface area contributed by atoms with E-state index < -0.39 is 0 Å². The minimum absolute atomic E-state index is 0.0307. The molecule has 0 aromatic carbocycles. The number of hydrogen-bond acceptors (Lipinski definition) is 3. The van der Waals surface area contributed by atoms with Crippen LogP contribution in [0.2, 0.25) is 0 Å². The van der Waals surface area contributed by atoms with Crippen LogP contribution in [0.4, 0.5) is 0 Å². The Labute approximate surface area is 97.2 Å². The normalized spacial score (nSPS) is 19.9. The number of nitrogens with two attached hydrogens (primary N) is 1. The average Bonchev–Trinajstić information content (AvgIpc) is 2.71. The van der Waals surface area contributed by atoms with Gasteiger partial charge in [-0.2, -0.15) is 0 Å². The molecule has 0 saturated heterocycles. The number of hydrogen-bond donors (Lipinski definition) is 1. The predicted molar refractivity (Wildman–Crippen MR) is 64.1 cm³/mol. The molecule has 0 radical (unpaired) electrons. The first-order valence-corrected chi connectivity index (χ1v) is 6.41. The van der Waals surface area contributed by atoms with E-state index in [4.69, 9.17) is 5.73 Å². The van der Waals surface area contributed by atoms with Crippen molar-refractivity contribution in [3.8, 4) is 0 Å². The van der Waals surface area contributed by atoms with Crippen molar-refractivity contribution in [1.82, 2.24) is 14.8 Å². The number of aryl methyl sites for hydroxylation is 1. The Morgan fingerprint density at radius 1 is 1.31 bits per heavy atom. The summed E-state index contributed by atoms with van der Waals surface area (Å²) in [4.78, 5) is 0. The van der Waals surface area contributed by atoms with Crippen LogP contribution < -0.4 is 5.73 Å². The lowest BCUT2D eigenvalue weighted by molar-refractivity contribution is 0.335.